The van der Waals surface area contributed by atoms with E-state index in [0.29, 0.717) is 5.41 Å². The van der Waals surface area contributed by atoms with Crippen molar-refractivity contribution in [2.24, 2.45) is 12.5 Å². The quantitative estimate of drug-likeness (QED) is 0.503. The van der Waals surface area contributed by atoms with Gasteiger partial charge in [-0.15, -0.1) is 0 Å². The first-order chi connectivity index (χ1) is 15.0. The van der Waals surface area contributed by atoms with Crippen LogP contribution in [-0.4, -0.2) is 42.5 Å². The zero-order chi connectivity index (χ0) is 21.2. The van der Waals surface area contributed by atoms with Crippen LogP contribution in [0.5, 0.6) is 0 Å². The Hall–Kier alpha value is -3.22. The SMILES string of the molecule is Cc1nn(C)cc1-c1c(C)nc(N2CCC3(CC2)Cc2cccnc2C3)c2ccnn12. The van der Waals surface area contributed by atoms with Crippen molar-refractivity contribution in [1.29, 1.82) is 0 Å². The number of anilines is 1. The maximum Gasteiger partial charge on any atom is 0.155 e. The van der Waals surface area contributed by atoms with Crippen molar-refractivity contribution in [3.05, 3.63) is 59.4 Å². The van der Waals surface area contributed by atoms with Gasteiger partial charge in [-0.3, -0.25) is 9.67 Å². The van der Waals surface area contributed by atoms with Gasteiger partial charge < -0.3 is 4.90 Å². The summed E-state index contributed by atoms with van der Waals surface area (Å²) in [5.74, 6) is 1.05. The van der Waals surface area contributed by atoms with Crippen LogP contribution in [0.25, 0.3) is 16.8 Å². The van der Waals surface area contributed by atoms with Gasteiger partial charge >= 0.3 is 0 Å². The number of aryl methyl sites for hydroxylation is 3. The maximum absolute atomic E-state index is 5.09. The predicted octanol–water partition coefficient (Wildman–Crippen LogP) is 3.53. The first-order valence-corrected chi connectivity index (χ1v) is 11.1. The lowest BCUT2D eigenvalue weighted by molar-refractivity contribution is 0.231. The second-order valence-electron chi connectivity index (χ2n) is 9.25. The van der Waals surface area contributed by atoms with Crippen LogP contribution >= 0.6 is 0 Å². The molecule has 0 N–H and O–H groups in total. The van der Waals surface area contributed by atoms with Crippen molar-refractivity contribution >= 4 is 11.3 Å². The predicted molar refractivity (Wildman–Crippen MR) is 120 cm³/mol. The smallest absolute Gasteiger partial charge is 0.155 e. The molecule has 7 heteroatoms. The highest BCUT2D eigenvalue weighted by Crippen LogP contribution is 2.45. The number of rotatable bonds is 2. The van der Waals surface area contributed by atoms with Crippen LogP contribution in [0.3, 0.4) is 0 Å². The van der Waals surface area contributed by atoms with Crippen molar-refractivity contribution in [3.8, 4) is 11.3 Å². The normalized spacial score (nSPS) is 17.6. The van der Waals surface area contributed by atoms with E-state index in [9.17, 15) is 0 Å². The third-order valence-corrected chi connectivity index (χ3v) is 7.18. The fourth-order valence-corrected chi connectivity index (χ4v) is 5.61. The Morgan fingerprint density at radius 3 is 2.58 bits per heavy atom. The minimum atomic E-state index is 0.367. The van der Waals surface area contributed by atoms with E-state index in [4.69, 9.17) is 4.98 Å². The van der Waals surface area contributed by atoms with Gasteiger partial charge in [-0.25, -0.2) is 9.50 Å². The molecule has 0 aromatic carbocycles. The molecule has 4 aromatic heterocycles. The monoisotopic (exact) mass is 413 g/mol. The summed E-state index contributed by atoms with van der Waals surface area (Å²) in [6, 6.07) is 6.40. The molecule has 0 atom stereocenters. The van der Waals surface area contributed by atoms with Crippen LogP contribution in [0.1, 0.15) is 35.5 Å². The van der Waals surface area contributed by atoms with Gasteiger partial charge in [-0.05, 0) is 62.6 Å². The van der Waals surface area contributed by atoms with Crippen molar-refractivity contribution in [1.82, 2.24) is 29.4 Å². The van der Waals surface area contributed by atoms with Gasteiger partial charge in [-0.1, -0.05) is 6.07 Å². The lowest BCUT2D eigenvalue weighted by Gasteiger charge is -2.40. The molecule has 6 rings (SSSR count). The molecule has 0 saturated carbocycles. The molecule has 158 valence electrons. The van der Waals surface area contributed by atoms with E-state index >= 15 is 0 Å². The molecule has 0 amide bonds. The first kappa shape index (κ1) is 18.5. The van der Waals surface area contributed by atoms with Crippen molar-refractivity contribution < 1.29 is 0 Å². The highest BCUT2D eigenvalue weighted by atomic mass is 15.3. The molecule has 0 unspecified atom stereocenters. The van der Waals surface area contributed by atoms with Gasteiger partial charge in [0.1, 0.15) is 5.52 Å². The van der Waals surface area contributed by atoms with Crippen molar-refractivity contribution in [3.63, 3.8) is 0 Å². The van der Waals surface area contributed by atoms with Gasteiger partial charge in [0, 0.05) is 43.8 Å². The van der Waals surface area contributed by atoms with E-state index in [0.717, 1.165) is 59.9 Å². The highest BCUT2D eigenvalue weighted by Gasteiger charge is 2.41. The Labute approximate surface area is 181 Å². The Bertz CT molecular complexity index is 1260. The van der Waals surface area contributed by atoms with Crippen LogP contribution < -0.4 is 4.90 Å². The van der Waals surface area contributed by atoms with Crippen LogP contribution in [0.15, 0.2) is 36.8 Å². The Morgan fingerprint density at radius 2 is 1.84 bits per heavy atom. The number of pyridine rings is 1. The molecule has 1 saturated heterocycles. The summed E-state index contributed by atoms with van der Waals surface area (Å²) in [6.45, 7) is 6.16. The van der Waals surface area contributed by atoms with E-state index in [1.54, 1.807) is 0 Å². The zero-order valence-electron chi connectivity index (χ0n) is 18.3. The topological polar surface area (TPSA) is 64.1 Å². The average molecular weight is 414 g/mol. The Morgan fingerprint density at radius 1 is 1.00 bits per heavy atom. The van der Waals surface area contributed by atoms with Gasteiger partial charge in [0.2, 0.25) is 0 Å². The van der Waals surface area contributed by atoms with E-state index in [-0.39, 0.29) is 0 Å². The molecule has 1 aliphatic heterocycles. The number of piperidine rings is 1. The molecule has 0 radical (unpaired) electrons. The number of fused-ring (bicyclic) bond motifs is 2. The second kappa shape index (κ2) is 6.64. The number of hydrogen-bond donors (Lipinski definition) is 0. The van der Waals surface area contributed by atoms with Crippen LogP contribution in [-0.2, 0) is 19.9 Å². The molecule has 5 heterocycles. The van der Waals surface area contributed by atoms with Crippen molar-refractivity contribution in [2.75, 3.05) is 18.0 Å². The summed E-state index contributed by atoms with van der Waals surface area (Å²) < 4.78 is 3.90. The summed E-state index contributed by atoms with van der Waals surface area (Å²) >= 11 is 0. The van der Waals surface area contributed by atoms with E-state index in [2.05, 4.69) is 51.4 Å². The van der Waals surface area contributed by atoms with E-state index in [1.165, 1.54) is 24.1 Å². The lowest BCUT2D eigenvalue weighted by Crippen LogP contribution is -2.41. The lowest BCUT2D eigenvalue weighted by atomic mass is 9.76. The third-order valence-electron chi connectivity index (χ3n) is 7.18. The second-order valence-corrected chi connectivity index (χ2v) is 9.25. The molecule has 1 aliphatic carbocycles. The third kappa shape index (κ3) is 2.86. The molecule has 0 bridgehead atoms. The highest BCUT2D eigenvalue weighted by molar-refractivity contribution is 5.76. The first-order valence-electron chi connectivity index (χ1n) is 11.1. The summed E-state index contributed by atoms with van der Waals surface area (Å²) in [4.78, 5) is 12.2. The minimum absolute atomic E-state index is 0.367. The van der Waals surface area contributed by atoms with E-state index in [1.807, 2.05) is 35.6 Å². The van der Waals surface area contributed by atoms with Crippen LogP contribution in [0.2, 0.25) is 0 Å². The minimum Gasteiger partial charge on any atom is -0.355 e. The Balaban J connectivity index is 1.33. The maximum atomic E-state index is 5.09. The van der Waals surface area contributed by atoms with Gasteiger partial charge in [-0.2, -0.15) is 10.2 Å². The molecule has 7 nitrogen and oxygen atoms in total. The van der Waals surface area contributed by atoms with Gasteiger partial charge in [0.15, 0.2) is 5.82 Å². The summed E-state index contributed by atoms with van der Waals surface area (Å²) in [7, 11) is 1.95. The average Bonchev–Trinajstić information content (AvgIpc) is 3.45. The number of nitrogens with zero attached hydrogens (tertiary/aromatic N) is 7. The Kier molecular flexibility index (Phi) is 3.97. The standard InChI is InChI=1S/C24H27N7/c1-16-19(15-29(3)28-16)22-17(2)27-23(21-6-10-26-31(21)22)30-11-7-24(8-12-30)13-18-5-4-9-25-20(18)14-24/h4-6,9-10,15H,7-8,11-14H2,1-3H3. The molecule has 4 aromatic rings. The summed E-state index contributed by atoms with van der Waals surface area (Å²) in [6.07, 6.45) is 10.5. The fraction of sp³-hybridized carbons (Fsp3) is 0.417. The zero-order valence-corrected chi connectivity index (χ0v) is 18.3. The summed E-state index contributed by atoms with van der Waals surface area (Å²) in [5, 5.41) is 9.19. The largest absolute Gasteiger partial charge is 0.355 e. The van der Waals surface area contributed by atoms with Gasteiger partial charge in [0.05, 0.1) is 23.3 Å². The fourth-order valence-electron chi connectivity index (χ4n) is 5.61. The van der Waals surface area contributed by atoms with Crippen LogP contribution in [0.4, 0.5) is 5.82 Å². The van der Waals surface area contributed by atoms with Crippen LogP contribution in [0, 0.1) is 19.3 Å². The molecule has 1 fully saturated rings. The van der Waals surface area contributed by atoms with Crippen molar-refractivity contribution in [2.45, 2.75) is 39.5 Å². The summed E-state index contributed by atoms with van der Waals surface area (Å²) in [5.41, 5.74) is 8.27. The molecule has 1 spiro atoms. The van der Waals surface area contributed by atoms with E-state index < -0.39 is 0 Å². The molecule has 2 aliphatic rings. The molecular formula is C24H27N7. The molecule has 31 heavy (non-hydrogen) atoms. The van der Waals surface area contributed by atoms with Gasteiger partial charge in [0.25, 0.3) is 0 Å². The molecular weight excluding hydrogens is 386 g/mol. The number of aromatic nitrogens is 6. The number of hydrogen-bond acceptors (Lipinski definition) is 5.